The Morgan fingerprint density at radius 3 is 2.24 bits per heavy atom. The average molecular weight is 338 g/mol. The molecule has 5 heteroatoms. The zero-order valence-electron chi connectivity index (χ0n) is 14.3. The molecule has 0 spiro atoms. The number of aldehydes is 1. The Bertz CT molecular complexity index is 707. The van der Waals surface area contributed by atoms with Crippen LogP contribution in [0.4, 0.5) is 5.69 Å². The topological polar surface area (TPSA) is 49.9 Å². The van der Waals surface area contributed by atoms with Crippen molar-refractivity contribution in [2.75, 3.05) is 31.1 Å². The predicted octanol–water partition coefficient (Wildman–Crippen LogP) is 2.62. The summed E-state index contributed by atoms with van der Waals surface area (Å²) < 4.78 is 5.72. The van der Waals surface area contributed by atoms with E-state index in [0.29, 0.717) is 24.4 Å². The van der Waals surface area contributed by atoms with E-state index in [4.69, 9.17) is 4.74 Å². The van der Waals surface area contributed by atoms with Crippen molar-refractivity contribution in [3.05, 3.63) is 60.2 Å². The van der Waals surface area contributed by atoms with Crippen LogP contribution < -0.4 is 9.64 Å². The van der Waals surface area contributed by atoms with Gasteiger partial charge in [-0.15, -0.1) is 0 Å². The van der Waals surface area contributed by atoms with Gasteiger partial charge in [-0.25, -0.2) is 0 Å². The molecular formula is C20H22N2O3. The molecular weight excluding hydrogens is 316 g/mol. The van der Waals surface area contributed by atoms with Crippen molar-refractivity contribution >= 4 is 17.9 Å². The summed E-state index contributed by atoms with van der Waals surface area (Å²) in [6.07, 6.45) is 0.232. The molecule has 3 rings (SSSR count). The van der Waals surface area contributed by atoms with Crippen molar-refractivity contribution in [1.29, 1.82) is 0 Å². The first kappa shape index (κ1) is 17.0. The molecule has 0 aliphatic carbocycles. The molecule has 130 valence electrons. The molecule has 0 radical (unpaired) electrons. The van der Waals surface area contributed by atoms with E-state index in [2.05, 4.69) is 17.0 Å². The van der Waals surface area contributed by atoms with Crippen molar-refractivity contribution in [3.8, 4) is 5.75 Å². The SMILES string of the molecule is C[C@@H](Oc1ccc(C=O)cc1)C(=O)N1CCN(c2ccccc2)CC1. The number of carbonyl (C=O) groups excluding carboxylic acids is 2. The molecule has 2 aromatic rings. The van der Waals surface area contributed by atoms with Gasteiger partial charge >= 0.3 is 0 Å². The molecule has 0 bridgehead atoms. The van der Waals surface area contributed by atoms with E-state index in [-0.39, 0.29) is 5.91 Å². The van der Waals surface area contributed by atoms with E-state index in [1.54, 1.807) is 31.2 Å². The largest absolute Gasteiger partial charge is 0.481 e. The van der Waals surface area contributed by atoms with Gasteiger partial charge in [0.1, 0.15) is 12.0 Å². The summed E-state index contributed by atoms with van der Waals surface area (Å²) in [6, 6.07) is 17.0. The molecule has 1 amide bonds. The number of piperazine rings is 1. The molecule has 1 aliphatic rings. The second-order valence-electron chi connectivity index (χ2n) is 6.09. The summed E-state index contributed by atoms with van der Waals surface area (Å²) >= 11 is 0. The van der Waals surface area contributed by atoms with Crippen LogP contribution in [0.1, 0.15) is 17.3 Å². The number of amides is 1. The lowest BCUT2D eigenvalue weighted by atomic mass is 10.2. The van der Waals surface area contributed by atoms with E-state index >= 15 is 0 Å². The number of hydrogen-bond donors (Lipinski definition) is 0. The number of para-hydroxylation sites is 1. The normalized spacial score (nSPS) is 15.6. The number of nitrogens with zero attached hydrogens (tertiary/aromatic N) is 2. The van der Waals surface area contributed by atoms with Gasteiger partial charge in [0.15, 0.2) is 6.10 Å². The maximum atomic E-state index is 12.6. The molecule has 25 heavy (non-hydrogen) atoms. The van der Waals surface area contributed by atoms with E-state index in [1.807, 2.05) is 23.1 Å². The van der Waals surface area contributed by atoms with Gasteiger partial charge in [-0.3, -0.25) is 9.59 Å². The minimum atomic E-state index is -0.551. The van der Waals surface area contributed by atoms with E-state index in [9.17, 15) is 9.59 Å². The highest BCUT2D eigenvalue weighted by Crippen LogP contribution is 2.17. The Hall–Kier alpha value is -2.82. The van der Waals surface area contributed by atoms with Crippen molar-refractivity contribution in [2.24, 2.45) is 0 Å². The molecule has 1 heterocycles. The molecule has 5 nitrogen and oxygen atoms in total. The highest BCUT2D eigenvalue weighted by Gasteiger charge is 2.26. The molecule has 1 fully saturated rings. The first-order valence-corrected chi connectivity index (χ1v) is 8.48. The first-order valence-electron chi connectivity index (χ1n) is 8.48. The molecule has 1 atom stereocenters. The Balaban J connectivity index is 1.53. The molecule has 1 aliphatic heterocycles. The summed E-state index contributed by atoms with van der Waals surface area (Å²) in [5.74, 6) is 0.585. The summed E-state index contributed by atoms with van der Waals surface area (Å²) in [5.41, 5.74) is 1.78. The molecule has 0 aromatic heterocycles. The van der Waals surface area contributed by atoms with Gasteiger partial charge in [0.25, 0.3) is 5.91 Å². The van der Waals surface area contributed by atoms with E-state index in [1.165, 1.54) is 5.69 Å². The van der Waals surface area contributed by atoms with Gasteiger partial charge < -0.3 is 14.5 Å². The second kappa shape index (κ2) is 7.83. The van der Waals surface area contributed by atoms with Crippen LogP contribution in [0.25, 0.3) is 0 Å². The second-order valence-corrected chi connectivity index (χ2v) is 6.09. The molecule has 0 N–H and O–H groups in total. The van der Waals surface area contributed by atoms with Gasteiger partial charge in [-0.05, 0) is 43.3 Å². The third-order valence-corrected chi connectivity index (χ3v) is 4.39. The Morgan fingerprint density at radius 2 is 1.64 bits per heavy atom. The monoisotopic (exact) mass is 338 g/mol. The summed E-state index contributed by atoms with van der Waals surface area (Å²) in [7, 11) is 0. The van der Waals surface area contributed by atoms with Crippen LogP contribution >= 0.6 is 0 Å². The van der Waals surface area contributed by atoms with Crippen molar-refractivity contribution in [2.45, 2.75) is 13.0 Å². The molecule has 2 aromatic carbocycles. The minimum absolute atomic E-state index is 0.00724. The van der Waals surface area contributed by atoms with Crippen LogP contribution in [-0.4, -0.2) is 49.4 Å². The van der Waals surface area contributed by atoms with Crippen LogP contribution in [-0.2, 0) is 4.79 Å². The lowest BCUT2D eigenvalue weighted by Gasteiger charge is -2.37. The Labute approximate surface area is 147 Å². The van der Waals surface area contributed by atoms with Gasteiger partial charge in [-0.2, -0.15) is 0 Å². The predicted molar refractivity (Wildman–Crippen MR) is 97.2 cm³/mol. The standard InChI is InChI=1S/C20H22N2O3/c1-16(25-19-9-7-17(15-23)8-10-19)20(24)22-13-11-21(12-14-22)18-5-3-2-4-6-18/h2-10,15-16H,11-14H2,1H3/t16-/m1/s1. The number of hydrogen-bond acceptors (Lipinski definition) is 4. The van der Waals surface area contributed by atoms with Crippen LogP contribution in [0.15, 0.2) is 54.6 Å². The summed E-state index contributed by atoms with van der Waals surface area (Å²) in [6.45, 7) is 4.77. The highest BCUT2D eigenvalue weighted by atomic mass is 16.5. The number of ether oxygens (including phenoxy) is 1. The Morgan fingerprint density at radius 1 is 1.00 bits per heavy atom. The minimum Gasteiger partial charge on any atom is -0.481 e. The van der Waals surface area contributed by atoms with Crippen LogP contribution in [0.3, 0.4) is 0 Å². The van der Waals surface area contributed by atoms with E-state index < -0.39 is 6.10 Å². The fourth-order valence-electron chi connectivity index (χ4n) is 2.96. The zero-order chi connectivity index (χ0) is 17.6. The van der Waals surface area contributed by atoms with Gasteiger partial charge in [0.2, 0.25) is 0 Å². The zero-order valence-corrected chi connectivity index (χ0v) is 14.3. The lowest BCUT2D eigenvalue weighted by Crippen LogP contribution is -2.52. The highest BCUT2D eigenvalue weighted by molar-refractivity contribution is 5.81. The summed E-state index contributed by atoms with van der Waals surface area (Å²) in [4.78, 5) is 27.4. The molecule has 0 saturated carbocycles. The van der Waals surface area contributed by atoms with Gasteiger partial charge in [0.05, 0.1) is 0 Å². The van der Waals surface area contributed by atoms with Gasteiger partial charge in [-0.1, -0.05) is 18.2 Å². The maximum absolute atomic E-state index is 12.6. The van der Waals surface area contributed by atoms with Crippen LogP contribution in [0, 0.1) is 0 Å². The number of benzene rings is 2. The number of rotatable bonds is 5. The maximum Gasteiger partial charge on any atom is 0.263 e. The molecule has 1 saturated heterocycles. The fraction of sp³-hybridized carbons (Fsp3) is 0.300. The van der Waals surface area contributed by atoms with Crippen molar-refractivity contribution < 1.29 is 14.3 Å². The number of carbonyl (C=O) groups is 2. The average Bonchev–Trinajstić information content (AvgIpc) is 2.69. The third-order valence-electron chi connectivity index (χ3n) is 4.39. The summed E-state index contributed by atoms with van der Waals surface area (Å²) in [5, 5.41) is 0. The van der Waals surface area contributed by atoms with Crippen LogP contribution in [0.2, 0.25) is 0 Å². The first-order chi connectivity index (χ1) is 12.2. The quantitative estimate of drug-likeness (QED) is 0.787. The lowest BCUT2D eigenvalue weighted by molar-refractivity contribution is -0.138. The van der Waals surface area contributed by atoms with Crippen molar-refractivity contribution in [3.63, 3.8) is 0 Å². The van der Waals surface area contributed by atoms with Gasteiger partial charge in [0, 0.05) is 37.4 Å². The number of anilines is 1. The van der Waals surface area contributed by atoms with Crippen LogP contribution in [0.5, 0.6) is 5.75 Å². The Kier molecular flexibility index (Phi) is 5.33. The molecule has 0 unspecified atom stereocenters. The fourth-order valence-corrected chi connectivity index (χ4v) is 2.96. The third kappa shape index (κ3) is 4.18. The smallest absolute Gasteiger partial charge is 0.263 e. The van der Waals surface area contributed by atoms with E-state index in [0.717, 1.165) is 19.4 Å². The van der Waals surface area contributed by atoms with Crippen molar-refractivity contribution in [1.82, 2.24) is 4.90 Å².